The van der Waals surface area contributed by atoms with E-state index >= 15 is 0 Å². The van der Waals surface area contributed by atoms with Gasteiger partial charge in [-0.1, -0.05) is 0 Å². The average molecular weight is 442 g/mol. The second-order valence-electron chi connectivity index (χ2n) is 7.91. The zero-order valence-electron chi connectivity index (χ0n) is 16.9. The van der Waals surface area contributed by atoms with E-state index < -0.39 is 11.7 Å². The summed E-state index contributed by atoms with van der Waals surface area (Å²) in [6.45, 7) is 5.08. The number of aromatic nitrogens is 2. The molecule has 2 aliphatic heterocycles. The normalized spacial score (nSPS) is 20.1. The van der Waals surface area contributed by atoms with E-state index in [9.17, 15) is 13.2 Å². The fourth-order valence-corrected chi connectivity index (χ4v) is 4.22. The summed E-state index contributed by atoms with van der Waals surface area (Å²) in [4.78, 5) is 11.1. The number of pyridine rings is 2. The molecule has 2 fully saturated rings. The molecule has 164 valence electrons. The molecule has 0 bridgehead atoms. The molecule has 5 nitrogen and oxygen atoms in total. The van der Waals surface area contributed by atoms with Crippen LogP contribution < -0.4 is 15.5 Å². The molecule has 0 aromatic carbocycles. The molecule has 30 heavy (non-hydrogen) atoms. The molecule has 4 heterocycles. The van der Waals surface area contributed by atoms with Gasteiger partial charge in [0, 0.05) is 18.8 Å². The lowest BCUT2D eigenvalue weighted by Gasteiger charge is -2.27. The highest BCUT2D eigenvalue weighted by molar-refractivity contribution is 5.85. The van der Waals surface area contributed by atoms with E-state index in [4.69, 9.17) is 4.98 Å². The lowest BCUT2D eigenvalue weighted by Crippen LogP contribution is -2.29. The molecular weight excluding hydrogens is 415 g/mol. The standard InChI is InChI=1S/C21H26F3N5.ClH/c1-14-3-2-10-29(14)20-12-16(15-4-7-25-8-5-15)11-19(28-20)27-18-13-17(6-9-26-18)21(22,23)24;/h6,9,11-15,25H,2-5,7-8,10H2,1H3,(H,26,27,28);1H/t14-;/m1./s1. The number of hydrogen-bond donors (Lipinski definition) is 2. The summed E-state index contributed by atoms with van der Waals surface area (Å²) < 4.78 is 39.1. The van der Waals surface area contributed by atoms with Crippen LogP contribution in [0.1, 0.15) is 49.7 Å². The van der Waals surface area contributed by atoms with Gasteiger partial charge in [0.2, 0.25) is 0 Å². The van der Waals surface area contributed by atoms with Crippen LogP contribution in [-0.2, 0) is 6.18 Å². The fourth-order valence-electron chi connectivity index (χ4n) is 4.22. The zero-order chi connectivity index (χ0) is 20.4. The Morgan fingerprint density at radius 1 is 1.10 bits per heavy atom. The van der Waals surface area contributed by atoms with Crippen LogP contribution in [0.15, 0.2) is 30.5 Å². The third kappa shape index (κ3) is 5.16. The van der Waals surface area contributed by atoms with Gasteiger partial charge >= 0.3 is 6.18 Å². The molecule has 2 aliphatic rings. The first-order valence-corrected chi connectivity index (χ1v) is 10.2. The molecule has 0 saturated carbocycles. The number of alkyl halides is 3. The highest BCUT2D eigenvalue weighted by atomic mass is 35.5. The van der Waals surface area contributed by atoms with Gasteiger partial charge in [0.15, 0.2) is 0 Å². The Hall–Kier alpha value is -2.06. The van der Waals surface area contributed by atoms with Crippen LogP contribution in [0.3, 0.4) is 0 Å². The van der Waals surface area contributed by atoms with Crippen molar-refractivity contribution < 1.29 is 13.2 Å². The van der Waals surface area contributed by atoms with Crippen molar-refractivity contribution in [3.8, 4) is 0 Å². The largest absolute Gasteiger partial charge is 0.416 e. The van der Waals surface area contributed by atoms with Gasteiger partial charge < -0.3 is 15.5 Å². The topological polar surface area (TPSA) is 53.1 Å². The Labute approximate surface area is 180 Å². The number of anilines is 3. The summed E-state index contributed by atoms with van der Waals surface area (Å²) in [5.74, 6) is 2.00. The van der Waals surface area contributed by atoms with Gasteiger partial charge in [0.25, 0.3) is 0 Å². The summed E-state index contributed by atoms with van der Waals surface area (Å²) in [5, 5.41) is 6.39. The third-order valence-corrected chi connectivity index (χ3v) is 5.84. The Balaban J connectivity index is 0.00000256. The van der Waals surface area contributed by atoms with Gasteiger partial charge in [-0.15, -0.1) is 12.4 Å². The summed E-state index contributed by atoms with van der Waals surface area (Å²) in [6.07, 6.45) is 1.10. The molecule has 0 unspecified atom stereocenters. The summed E-state index contributed by atoms with van der Waals surface area (Å²) in [5.41, 5.74) is 0.461. The van der Waals surface area contributed by atoms with Crippen LogP contribution in [-0.4, -0.2) is 35.6 Å². The minimum atomic E-state index is -4.40. The molecule has 4 rings (SSSR count). The molecule has 0 spiro atoms. The van der Waals surface area contributed by atoms with E-state index in [0.29, 0.717) is 17.8 Å². The SMILES string of the molecule is C[C@@H]1CCCN1c1cc(C2CCNCC2)cc(Nc2cc(C(F)(F)F)ccn2)n1.Cl. The molecule has 9 heteroatoms. The Bertz CT molecular complexity index is 855. The number of halogens is 4. The fraction of sp³-hybridized carbons (Fsp3) is 0.524. The minimum absolute atomic E-state index is 0. The number of rotatable bonds is 4. The van der Waals surface area contributed by atoms with Crippen molar-refractivity contribution in [3.63, 3.8) is 0 Å². The summed E-state index contributed by atoms with van der Waals surface area (Å²) >= 11 is 0. The van der Waals surface area contributed by atoms with E-state index in [2.05, 4.69) is 33.5 Å². The second kappa shape index (κ2) is 9.39. The van der Waals surface area contributed by atoms with Crippen molar-refractivity contribution >= 4 is 29.9 Å². The maximum Gasteiger partial charge on any atom is 0.416 e. The maximum absolute atomic E-state index is 13.0. The van der Waals surface area contributed by atoms with E-state index in [-0.39, 0.29) is 18.2 Å². The first-order valence-electron chi connectivity index (χ1n) is 10.2. The average Bonchev–Trinajstić information content (AvgIpc) is 3.14. The monoisotopic (exact) mass is 441 g/mol. The maximum atomic E-state index is 13.0. The molecule has 0 amide bonds. The van der Waals surface area contributed by atoms with E-state index in [1.165, 1.54) is 11.8 Å². The van der Waals surface area contributed by atoms with Crippen LogP contribution >= 0.6 is 12.4 Å². The van der Waals surface area contributed by atoms with Crippen LogP contribution in [0, 0.1) is 0 Å². The molecular formula is C21H27ClF3N5. The van der Waals surface area contributed by atoms with Gasteiger partial charge in [-0.25, -0.2) is 9.97 Å². The molecule has 2 aromatic rings. The molecule has 2 saturated heterocycles. The van der Waals surface area contributed by atoms with Crippen LogP contribution in [0.2, 0.25) is 0 Å². The second-order valence-corrected chi connectivity index (χ2v) is 7.91. The minimum Gasteiger partial charge on any atom is -0.354 e. The molecule has 1 atom stereocenters. The first-order chi connectivity index (χ1) is 13.9. The predicted molar refractivity (Wildman–Crippen MR) is 115 cm³/mol. The van der Waals surface area contributed by atoms with Crippen LogP contribution in [0.4, 0.5) is 30.6 Å². The number of piperidine rings is 1. The number of hydrogen-bond acceptors (Lipinski definition) is 5. The highest BCUT2D eigenvalue weighted by Gasteiger charge is 2.31. The van der Waals surface area contributed by atoms with Crippen molar-refractivity contribution in [1.29, 1.82) is 0 Å². The van der Waals surface area contributed by atoms with E-state index in [1.807, 2.05) is 6.07 Å². The summed E-state index contributed by atoms with van der Waals surface area (Å²) in [7, 11) is 0. The van der Waals surface area contributed by atoms with Crippen LogP contribution in [0.5, 0.6) is 0 Å². The van der Waals surface area contributed by atoms with Crippen molar-refractivity contribution in [2.24, 2.45) is 0 Å². The molecule has 0 aliphatic carbocycles. The molecule has 2 N–H and O–H groups in total. The van der Waals surface area contributed by atoms with Crippen molar-refractivity contribution in [2.75, 3.05) is 29.9 Å². The van der Waals surface area contributed by atoms with E-state index in [0.717, 1.165) is 63.3 Å². The molecule has 0 radical (unpaired) electrons. The quantitative estimate of drug-likeness (QED) is 0.690. The lowest BCUT2D eigenvalue weighted by atomic mass is 9.90. The Morgan fingerprint density at radius 2 is 1.87 bits per heavy atom. The number of nitrogens with zero attached hydrogens (tertiary/aromatic N) is 3. The Kier molecular flexibility index (Phi) is 7.08. The first kappa shape index (κ1) is 22.6. The zero-order valence-corrected chi connectivity index (χ0v) is 17.7. The van der Waals surface area contributed by atoms with Gasteiger partial charge in [0.1, 0.15) is 17.5 Å². The highest BCUT2D eigenvalue weighted by Crippen LogP contribution is 2.34. The van der Waals surface area contributed by atoms with Crippen molar-refractivity contribution in [3.05, 3.63) is 41.6 Å². The molecule has 2 aromatic heterocycles. The Morgan fingerprint density at radius 3 is 2.53 bits per heavy atom. The van der Waals surface area contributed by atoms with Crippen molar-refractivity contribution in [1.82, 2.24) is 15.3 Å². The van der Waals surface area contributed by atoms with Crippen LogP contribution in [0.25, 0.3) is 0 Å². The van der Waals surface area contributed by atoms with Crippen molar-refractivity contribution in [2.45, 2.75) is 50.7 Å². The van der Waals surface area contributed by atoms with Gasteiger partial charge in [-0.2, -0.15) is 13.2 Å². The smallest absolute Gasteiger partial charge is 0.354 e. The third-order valence-electron chi connectivity index (χ3n) is 5.84. The predicted octanol–water partition coefficient (Wildman–Crippen LogP) is 5.12. The van der Waals surface area contributed by atoms with Gasteiger partial charge in [-0.3, -0.25) is 0 Å². The summed E-state index contributed by atoms with van der Waals surface area (Å²) in [6, 6.07) is 6.52. The number of nitrogens with one attached hydrogen (secondary N) is 2. The van der Waals surface area contributed by atoms with E-state index in [1.54, 1.807) is 0 Å². The van der Waals surface area contributed by atoms with Gasteiger partial charge in [-0.05, 0) is 81.4 Å². The van der Waals surface area contributed by atoms with Gasteiger partial charge in [0.05, 0.1) is 5.56 Å². The lowest BCUT2D eigenvalue weighted by molar-refractivity contribution is -0.137.